The molecule has 0 spiro atoms. The highest BCUT2D eigenvalue weighted by Gasteiger charge is 2.64. The van der Waals surface area contributed by atoms with Crippen LogP contribution in [0.1, 0.15) is 20.7 Å². The number of carbonyl (C=O) groups excluding carboxylic acids is 2. The molecular weight excluding hydrogens is 658 g/mol. The van der Waals surface area contributed by atoms with E-state index in [9.17, 15) is 14.7 Å². The fourth-order valence-electron chi connectivity index (χ4n) is 3.91. The van der Waals surface area contributed by atoms with E-state index in [-0.39, 0.29) is 0 Å². The molecule has 35 heavy (non-hydrogen) atoms. The molecular formula is C22H17Br2Cl3O8. The smallest absolute Gasteiger partial charge is 0.338 e. The quantitative estimate of drug-likeness (QED) is 0.365. The Morgan fingerprint density at radius 2 is 1.09 bits per heavy atom. The first-order valence-electron chi connectivity index (χ1n) is 10.1. The number of hydrogen-bond acceptors (Lipinski definition) is 8. The van der Waals surface area contributed by atoms with Crippen LogP contribution >= 0.6 is 66.7 Å². The van der Waals surface area contributed by atoms with Gasteiger partial charge in [0.25, 0.3) is 6.48 Å². The van der Waals surface area contributed by atoms with Gasteiger partial charge in [0.15, 0.2) is 16.5 Å². The number of hydrogen-bond donors (Lipinski definition) is 1. The van der Waals surface area contributed by atoms with Crippen molar-refractivity contribution < 1.29 is 38.4 Å². The van der Waals surface area contributed by atoms with Crippen molar-refractivity contribution in [3.05, 3.63) is 68.6 Å². The number of rotatable bonds is 4. The van der Waals surface area contributed by atoms with Crippen LogP contribution in [0.2, 0.25) is 0 Å². The van der Waals surface area contributed by atoms with E-state index < -0.39 is 59.3 Å². The number of ether oxygens (including phenoxy) is 5. The van der Waals surface area contributed by atoms with E-state index in [4.69, 9.17) is 58.5 Å². The molecule has 6 rings (SSSR count). The van der Waals surface area contributed by atoms with Crippen molar-refractivity contribution in [3.63, 3.8) is 0 Å². The highest BCUT2D eigenvalue weighted by atomic mass is 79.9. The largest absolute Gasteiger partial charge is 0.453 e. The summed E-state index contributed by atoms with van der Waals surface area (Å²) in [4.78, 5) is 25.3. The zero-order valence-corrected chi connectivity index (χ0v) is 22.9. The van der Waals surface area contributed by atoms with Crippen LogP contribution in [0.15, 0.2) is 57.5 Å². The third-order valence-corrected chi connectivity index (χ3v) is 6.48. The molecule has 2 aromatic carbocycles. The molecule has 3 saturated heterocycles. The SMILES string of the molecule is ClC(Cl)Cl.O=C(O[C@H]1C2OC3O[C@@H]1C(O)[C@H](O3)[C@H]2OC(=O)c1ccc(Br)cc1)c1ccc(Br)cc1. The minimum absolute atomic E-state index is 0.325. The predicted octanol–water partition coefficient (Wildman–Crippen LogP) is 4.79. The average molecular weight is 676 g/mol. The zero-order chi connectivity index (χ0) is 25.3. The second kappa shape index (κ2) is 11.6. The number of aliphatic hydroxyl groups excluding tert-OH is 1. The van der Waals surface area contributed by atoms with Gasteiger partial charge in [0.2, 0.25) is 0 Å². The summed E-state index contributed by atoms with van der Waals surface area (Å²) in [6, 6.07) is 13.3. The van der Waals surface area contributed by atoms with Crippen LogP contribution in [0.25, 0.3) is 0 Å². The van der Waals surface area contributed by atoms with Gasteiger partial charge in [-0.3, -0.25) is 0 Å². The van der Waals surface area contributed by atoms with E-state index in [2.05, 4.69) is 31.9 Å². The molecule has 3 heterocycles. The van der Waals surface area contributed by atoms with Crippen LogP contribution in [0.5, 0.6) is 0 Å². The Labute approximate surface area is 231 Å². The van der Waals surface area contributed by atoms with Crippen molar-refractivity contribution in [3.8, 4) is 0 Å². The standard InChI is InChI=1S/C21H16Br2O8.CHCl3/c22-11-5-1-9(2-6-11)19(25)27-16-14-13(24)15-17(18(16)31-21(29-14)30-15)28-20(26)10-3-7-12(23)8-4-10;2-1(3)4/h1-8,13-18,21,24H;1H/t13?,14-,15+,16-,17-,18?,21?;/m1./s1. The molecule has 4 aliphatic rings. The molecule has 0 amide bonds. The summed E-state index contributed by atoms with van der Waals surface area (Å²) < 4.78 is 28.9. The molecule has 7 atom stereocenters. The molecule has 188 valence electrons. The van der Waals surface area contributed by atoms with E-state index >= 15 is 0 Å². The molecule has 4 fully saturated rings. The molecule has 1 aliphatic carbocycles. The Hall–Kier alpha value is -0.950. The average Bonchev–Trinajstić information content (AvgIpc) is 2.81. The van der Waals surface area contributed by atoms with Gasteiger partial charge in [-0.25, -0.2) is 9.59 Å². The fourth-order valence-corrected chi connectivity index (χ4v) is 4.44. The lowest BCUT2D eigenvalue weighted by molar-refractivity contribution is -0.479. The third kappa shape index (κ3) is 6.31. The minimum Gasteiger partial charge on any atom is -0.453 e. The number of carbonyl (C=O) groups is 2. The van der Waals surface area contributed by atoms with Crippen molar-refractivity contribution in [2.75, 3.05) is 0 Å². The lowest BCUT2D eigenvalue weighted by atomic mass is 9.82. The van der Waals surface area contributed by atoms with Crippen LogP contribution in [-0.2, 0) is 23.7 Å². The van der Waals surface area contributed by atoms with Gasteiger partial charge < -0.3 is 28.8 Å². The van der Waals surface area contributed by atoms with Crippen LogP contribution < -0.4 is 0 Å². The van der Waals surface area contributed by atoms with Gasteiger partial charge in [-0.05, 0) is 48.5 Å². The second-order valence-corrected chi connectivity index (χ2v) is 11.4. The third-order valence-electron chi connectivity index (χ3n) is 5.42. The first kappa shape index (κ1) is 27.1. The minimum atomic E-state index is -1.16. The Morgan fingerprint density at radius 1 is 0.743 bits per heavy atom. The van der Waals surface area contributed by atoms with Gasteiger partial charge in [-0.2, -0.15) is 0 Å². The number of aliphatic hydroxyl groups is 1. The molecule has 0 radical (unpaired) electrons. The van der Waals surface area contributed by atoms with Crippen LogP contribution in [-0.4, -0.2) is 64.4 Å². The van der Waals surface area contributed by atoms with Gasteiger partial charge in [-0.1, -0.05) is 66.7 Å². The zero-order valence-electron chi connectivity index (χ0n) is 17.4. The highest BCUT2D eigenvalue weighted by molar-refractivity contribution is 9.10. The van der Waals surface area contributed by atoms with E-state index in [0.717, 1.165) is 8.95 Å². The molecule has 3 aliphatic heterocycles. The summed E-state index contributed by atoms with van der Waals surface area (Å²) in [6.07, 6.45) is -5.68. The predicted molar refractivity (Wildman–Crippen MR) is 132 cm³/mol. The van der Waals surface area contributed by atoms with Gasteiger partial charge in [0, 0.05) is 8.95 Å². The Kier molecular flexibility index (Phi) is 9.00. The lowest BCUT2D eigenvalue weighted by Crippen LogP contribution is -2.76. The maximum Gasteiger partial charge on any atom is 0.338 e. The summed E-state index contributed by atoms with van der Waals surface area (Å²) in [5.41, 5.74) is 0.650. The molecule has 2 aromatic rings. The van der Waals surface area contributed by atoms with Crippen molar-refractivity contribution in [2.24, 2.45) is 0 Å². The van der Waals surface area contributed by atoms with Gasteiger partial charge in [0.05, 0.1) is 11.1 Å². The summed E-state index contributed by atoms with van der Waals surface area (Å²) in [7, 11) is 0. The first-order valence-corrected chi connectivity index (χ1v) is 13.0. The van der Waals surface area contributed by atoms with Crippen LogP contribution in [0, 0.1) is 0 Å². The van der Waals surface area contributed by atoms with Crippen LogP contribution in [0.4, 0.5) is 0 Å². The second-order valence-electron chi connectivity index (χ2n) is 7.58. The molecule has 3 unspecified atom stereocenters. The molecule has 13 heteroatoms. The van der Waals surface area contributed by atoms with Gasteiger partial charge in [-0.15, -0.1) is 0 Å². The number of esters is 2. The van der Waals surface area contributed by atoms with Crippen molar-refractivity contribution in [2.45, 2.75) is 47.4 Å². The molecule has 8 nitrogen and oxygen atoms in total. The number of benzene rings is 2. The van der Waals surface area contributed by atoms with Crippen molar-refractivity contribution in [1.29, 1.82) is 0 Å². The number of halogens is 5. The molecule has 0 aromatic heterocycles. The highest BCUT2D eigenvalue weighted by Crippen LogP contribution is 2.42. The summed E-state index contributed by atoms with van der Waals surface area (Å²) in [5, 5.41) is 10.7. The van der Waals surface area contributed by atoms with E-state index in [0.29, 0.717) is 11.1 Å². The van der Waals surface area contributed by atoms with Crippen molar-refractivity contribution in [1.82, 2.24) is 0 Å². The number of alkyl halides is 3. The molecule has 1 N–H and O–H groups in total. The Bertz CT molecular complexity index is 975. The van der Waals surface area contributed by atoms with E-state index in [1.165, 1.54) is 0 Å². The maximum absolute atomic E-state index is 12.7. The van der Waals surface area contributed by atoms with Crippen molar-refractivity contribution >= 4 is 78.6 Å². The normalized spacial score (nSPS) is 30.4. The molecule has 1 saturated carbocycles. The Balaban J connectivity index is 0.000000672. The van der Waals surface area contributed by atoms with Crippen LogP contribution in [0.3, 0.4) is 0 Å². The van der Waals surface area contributed by atoms with Gasteiger partial charge >= 0.3 is 11.9 Å². The maximum atomic E-state index is 12.7. The van der Waals surface area contributed by atoms with Gasteiger partial charge in [0.1, 0.15) is 24.4 Å². The lowest BCUT2D eigenvalue weighted by Gasteiger charge is -2.56. The summed E-state index contributed by atoms with van der Waals surface area (Å²) in [6.45, 7) is -1.02. The monoisotopic (exact) mass is 672 g/mol. The summed E-state index contributed by atoms with van der Waals surface area (Å²) >= 11 is 21.0. The molecule has 4 bridgehead atoms. The Morgan fingerprint density at radius 3 is 1.46 bits per heavy atom. The van der Waals surface area contributed by atoms with E-state index in [1.54, 1.807) is 48.5 Å². The topological polar surface area (TPSA) is 101 Å². The first-order chi connectivity index (χ1) is 16.6. The van der Waals surface area contributed by atoms with E-state index in [1.807, 2.05) is 0 Å². The fraction of sp³-hybridized carbons (Fsp3) is 0.364. The summed E-state index contributed by atoms with van der Waals surface area (Å²) in [5.74, 6) is -1.22.